The molecule has 0 unspecified atom stereocenters. The molecule has 4 rings (SSSR count). The second-order valence-electron chi connectivity index (χ2n) is 9.14. The van der Waals surface area contributed by atoms with Gasteiger partial charge in [-0.05, 0) is 35.9 Å². The number of likely N-dealkylation sites (N-methyl/N-ethyl adjacent to an activating group) is 1. The quantitative estimate of drug-likeness (QED) is 0.452. The van der Waals surface area contributed by atoms with Crippen molar-refractivity contribution in [3.63, 3.8) is 0 Å². The number of benzene rings is 3. The Hall–Kier alpha value is -3.73. The van der Waals surface area contributed by atoms with Gasteiger partial charge >= 0.3 is 0 Å². The van der Waals surface area contributed by atoms with Crippen molar-refractivity contribution in [1.29, 1.82) is 0 Å². The maximum absolute atomic E-state index is 13.3. The van der Waals surface area contributed by atoms with Crippen LogP contribution in [-0.2, 0) is 21.4 Å². The van der Waals surface area contributed by atoms with Gasteiger partial charge in [-0.25, -0.2) is 8.42 Å². The van der Waals surface area contributed by atoms with Crippen LogP contribution in [0.3, 0.4) is 0 Å². The number of amides is 2. The third-order valence-corrected chi connectivity index (χ3v) is 8.27. The molecule has 200 valence electrons. The Labute approximate surface area is 223 Å². The summed E-state index contributed by atoms with van der Waals surface area (Å²) >= 11 is 0. The normalized spacial score (nSPS) is 14.6. The highest BCUT2D eigenvalue weighted by atomic mass is 32.2. The Morgan fingerprint density at radius 1 is 0.921 bits per heavy atom. The highest BCUT2D eigenvalue weighted by Crippen LogP contribution is 2.21. The summed E-state index contributed by atoms with van der Waals surface area (Å²) < 4.78 is 33.3. The van der Waals surface area contributed by atoms with Gasteiger partial charge in [0.2, 0.25) is 15.9 Å². The number of nitrogens with one attached hydrogen (secondary N) is 1. The number of ether oxygens (including phenoxy) is 1. The van der Waals surface area contributed by atoms with Crippen LogP contribution in [0.2, 0.25) is 0 Å². The predicted molar refractivity (Wildman–Crippen MR) is 146 cm³/mol. The van der Waals surface area contributed by atoms with E-state index in [1.165, 1.54) is 41.1 Å². The van der Waals surface area contributed by atoms with Gasteiger partial charge in [-0.1, -0.05) is 42.5 Å². The Morgan fingerprint density at radius 3 is 2.34 bits per heavy atom. The average molecular weight is 537 g/mol. The smallest absolute Gasteiger partial charge is 0.254 e. The van der Waals surface area contributed by atoms with Crippen molar-refractivity contribution in [2.75, 3.05) is 52.2 Å². The van der Waals surface area contributed by atoms with Gasteiger partial charge in [0.15, 0.2) is 0 Å². The van der Waals surface area contributed by atoms with Crippen molar-refractivity contribution in [1.82, 2.24) is 14.1 Å². The van der Waals surface area contributed by atoms with E-state index in [0.717, 1.165) is 6.54 Å². The molecule has 0 spiro atoms. The summed E-state index contributed by atoms with van der Waals surface area (Å²) in [7, 11) is -0.730. The molecule has 9 nitrogen and oxygen atoms in total. The SMILES string of the molecule is COc1cccc(NC(=O)CN(C)C(=O)c2cccc(S(=O)(=O)N3CCN(Cc4ccccc4)CC3)c2)c1. The molecule has 1 saturated heterocycles. The molecule has 38 heavy (non-hydrogen) atoms. The molecule has 10 heteroatoms. The van der Waals surface area contributed by atoms with Crippen LogP contribution in [0.25, 0.3) is 0 Å². The minimum atomic E-state index is -3.77. The molecule has 3 aromatic rings. The number of carbonyl (C=O) groups is 2. The highest BCUT2D eigenvalue weighted by Gasteiger charge is 2.29. The van der Waals surface area contributed by atoms with Crippen LogP contribution in [-0.4, -0.2) is 81.2 Å². The number of sulfonamides is 1. The maximum Gasteiger partial charge on any atom is 0.254 e. The lowest BCUT2D eigenvalue weighted by Crippen LogP contribution is -2.48. The van der Waals surface area contributed by atoms with E-state index in [-0.39, 0.29) is 22.9 Å². The largest absolute Gasteiger partial charge is 0.497 e. The Kier molecular flexibility index (Phi) is 8.77. The number of piperazine rings is 1. The number of anilines is 1. The number of hydrogen-bond donors (Lipinski definition) is 1. The zero-order valence-corrected chi connectivity index (χ0v) is 22.4. The number of carbonyl (C=O) groups excluding carboxylic acids is 2. The minimum Gasteiger partial charge on any atom is -0.497 e. The van der Waals surface area contributed by atoms with Gasteiger partial charge in [0.25, 0.3) is 5.91 Å². The fourth-order valence-corrected chi connectivity index (χ4v) is 5.79. The number of hydrogen-bond acceptors (Lipinski definition) is 6. The third kappa shape index (κ3) is 6.77. The predicted octanol–water partition coefficient (Wildman–Crippen LogP) is 2.91. The highest BCUT2D eigenvalue weighted by molar-refractivity contribution is 7.89. The van der Waals surface area contributed by atoms with Crippen LogP contribution in [0.15, 0.2) is 83.8 Å². The maximum atomic E-state index is 13.3. The molecule has 2 amide bonds. The molecular weight excluding hydrogens is 504 g/mol. The van der Waals surface area contributed by atoms with Crippen LogP contribution < -0.4 is 10.1 Å². The van der Waals surface area contributed by atoms with E-state index in [1.807, 2.05) is 18.2 Å². The summed E-state index contributed by atoms with van der Waals surface area (Å²) in [4.78, 5) is 29.0. The van der Waals surface area contributed by atoms with Crippen molar-refractivity contribution in [2.24, 2.45) is 0 Å². The fourth-order valence-electron chi connectivity index (χ4n) is 4.32. The van der Waals surface area contributed by atoms with Crippen LogP contribution in [0.5, 0.6) is 5.75 Å². The summed E-state index contributed by atoms with van der Waals surface area (Å²) in [6.07, 6.45) is 0. The van der Waals surface area contributed by atoms with Crippen molar-refractivity contribution >= 4 is 27.5 Å². The molecule has 1 heterocycles. The summed E-state index contributed by atoms with van der Waals surface area (Å²) in [5.41, 5.74) is 1.94. The Bertz CT molecular complexity index is 1370. The number of nitrogens with zero attached hydrogens (tertiary/aromatic N) is 3. The monoisotopic (exact) mass is 536 g/mol. The first kappa shape index (κ1) is 27.3. The molecule has 3 aromatic carbocycles. The first-order chi connectivity index (χ1) is 18.3. The first-order valence-electron chi connectivity index (χ1n) is 12.3. The molecule has 0 atom stereocenters. The molecular formula is C28H32N4O5S. The van der Waals surface area contributed by atoms with Gasteiger partial charge in [0, 0.05) is 57.1 Å². The Balaban J connectivity index is 1.36. The lowest BCUT2D eigenvalue weighted by atomic mass is 10.2. The number of methoxy groups -OCH3 is 1. The summed E-state index contributed by atoms with van der Waals surface area (Å²) in [6.45, 7) is 2.57. The van der Waals surface area contributed by atoms with E-state index < -0.39 is 15.9 Å². The molecule has 1 fully saturated rings. The van der Waals surface area contributed by atoms with Crippen molar-refractivity contribution < 1.29 is 22.7 Å². The number of rotatable bonds is 9. The van der Waals surface area contributed by atoms with Crippen molar-refractivity contribution in [2.45, 2.75) is 11.4 Å². The van der Waals surface area contributed by atoms with Gasteiger partial charge in [-0.15, -0.1) is 0 Å². The molecule has 1 aliphatic rings. The van der Waals surface area contributed by atoms with Crippen LogP contribution >= 0.6 is 0 Å². The van der Waals surface area contributed by atoms with Crippen molar-refractivity contribution in [3.8, 4) is 5.75 Å². The second-order valence-corrected chi connectivity index (χ2v) is 11.1. The lowest BCUT2D eigenvalue weighted by Gasteiger charge is -2.34. The molecule has 0 aliphatic carbocycles. The summed E-state index contributed by atoms with van der Waals surface area (Å²) in [6, 6.07) is 23.0. The van der Waals surface area contributed by atoms with E-state index in [0.29, 0.717) is 37.6 Å². The summed E-state index contributed by atoms with van der Waals surface area (Å²) in [5.74, 6) is -0.232. The Morgan fingerprint density at radius 2 is 1.63 bits per heavy atom. The molecule has 0 radical (unpaired) electrons. The van der Waals surface area contributed by atoms with Crippen LogP contribution in [0.1, 0.15) is 15.9 Å². The van der Waals surface area contributed by atoms with Gasteiger partial charge in [0.1, 0.15) is 5.75 Å². The van der Waals surface area contributed by atoms with E-state index in [2.05, 4.69) is 22.3 Å². The van der Waals surface area contributed by atoms with E-state index in [4.69, 9.17) is 4.74 Å². The zero-order valence-electron chi connectivity index (χ0n) is 21.5. The molecule has 1 aliphatic heterocycles. The molecule has 0 saturated carbocycles. The fraction of sp³-hybridized carbons (Fsp3) is 0.286. The van der Waals surface area contributed by atoms with Gasteiger partial charge < -0.3 is 15.0 Å². The topological polar surface area (TPSA) is 99.3 Å². The van der Waals surface area contributed by atoms with Crippen LogP contribution in [0, 0.1) is 0 Å². The van der Waals surface area contributed by atoms with Gasteiger partial charge in [0.05, 0.1) is 18.6 Å². The summed E-state index contributed by atoms with van der Waals surface area (Å²) in [5, 5.41) is 2.73. The van der Waals surface area contributed by atoms with Gasteiger partial charge in [-0.3, -0.25) is 14.5 Å². The average Bonchev–Trinajstić information content (AvgIpc) is 2.93. The molecule has 0 aromatic heterocycles. The van der Waals surface area contributed by atoms with Crippen LogP contribution in [0.4, 0.5) is 5.69 Å². The lowest BCUT2D eigenvalue weighted by molar-refractivity contribution is -0.116. The zero-order chi connectivity index (χ0) is 27.1. The second kappa shape index (κ2) is 12.2. The van der Waals surface area contributed by atoms with E-state index in [9.17, 15) is 18.0 Å². The standard InChI is InChI=1S/C28H32N4O5S/c1-30(21-27(33)29-24-11-7-12-25(19-24)37-2)28(34)23-10-6-13-26(18-23)38(35,36)32-16-14-31(15-17-32)20-22-8-4-3-5-9-22/h3-13,18-19H,14-17,20-21H2,1-2H3,(H,29,33). The first-order valence-corrected chi connectivity index (χ1v) is 13.8. The van der Waals surface area contributed by atoms with E-state index >= 15 is 0 Å². The van der Waals surface area contributed by atoms with E-state index in [1.54, 1.807) is 36.4 Å². The third-order valence-electron chi connectivity index (χ3n) is 6.38. The molecule has 0 bridgehead atoms. The van der Waals surface area contributed by atoms with Gasteiger partial charge in [-0.2, -0.15) is 4.31 Å². The van der Waals surface area contributed by atoms with Crippen molar-refractivity contribution in [3.05, 3.63) is 90.0 Å². The minimum absolute atomic E-state index is 0.0640. The molecule has 1 N–H and O–H groups in total.